The SMILES string of the molecule is CNCc1cc(S(=O)(=O)NC(C)c2cn[nH]c2)c(C)s1. The Labute approximate surface area is 122 Å². The Balaban J connectivity index is 2.22. The van der Waals surface area contributed by atoms with Gasteiger partial charge in [0.05, 0.1) is 11.1 Å². The van der Waals surface area contributed by atoms with Gasteiger partial charge < -0.3 is 5.32 Å². The molecule has 0 saturated carbocycles. The molecule has 0 radical (unpaired) electrons. The van der Waals surface area contributed by atoms with Crippen molar-refractivity contribution in [3.8, 4) is 0 Å². The summed E-state index contributed by atoms with van der Waals surface area (Å²) >= 11 is 1.49. The van der Waals surface area contributed by atoms with Crippen molar-refractivity contribution in [2.24, 2.45) is 0 Å². The average molecular weight is 314 g/mol. The summed E-state index contributed by atoms with van der Waals surface area (Å²) in [7, 11) is -1.69. The fraction of sp³-hybridized carbons (Fsp3) is 0.417. The van der Waals surface area contributed by atoms with Gasteiger partial charge in [0, 0.05) is 34.1 Å². The van der Waals surface area contributed by atoms with Crippen molar-refractivity contribution in [3.05, 3.63) is 33.8 Å². The van der Waals surface area contributed by atoms with E-state index in [1.807, 2.05) is 14.0 Å². The highest BCUT2D eigenvalue weighted by molar-refractivity contribution is 7.89. The van der Waals surface area contributed by atoms with Gasteiger partial charge in [-0.15, -0.1) is 11.3 Å². The lowest BCUT2D eigenvalue weighted by Crippen LogP contribution is -2.26. The lowest BCUT2D eigenvalue weighted by molar-refractivity contribution is 0.567. The molecule has 1 atom stereocenters. The topological polar surface area (TPSA) is 86.9 Å². The molecule has 0 aromatic carbocycles. The molecule has 2 aromatic rings. The maximum absolute atomic E-state index is 12.4. The summed E-state index contributed by atoms with van der Waals surface area (Å²) in [4.78, 5) is 2.14. The molecule has 3 N–H and O–H groups in total. The molecular formula is C12H18N4O2S2. The molecule has 0 bridgehead atoms. The first-order valence-corrected chi connectivity index (χ1v) is 8.49. The molecule has 0 aliphatic heterocycles. The maximum atomic E-state index is 12.4. The molecule has 0 fully saturated rings. The highest BCUT2D eigenvalue weighted by Crippen LogP contribution is 2.26. The third-order valence-corrected chi connectivity index (χ3v) is 5.76. The summed E-state index contributed by atoms with van der Waals surface area (Å²) in [6.07, 6.45) is 3.29. The number of aryl methyl sites for hydroxylation is 1. The second-order valence-corrected chi connectivity index (χ2v) is 7.56. The van der Waals surface area contributed by atoms with Crippen LogP contribution in [-0.4, -0.2) is 25.7 Å². The zero-order chi connectivity index (χ0) is 14.8. The van der Waals surface area contributed by atoms with Crippen LogP contribution in [0.15, 0.2) is 23.4 Å². The second kappa shape index (κ2) is 6.04. The minimum absolute atomic E-state index is 0.328. The summed E-state index contributed by atoms with van der Waals surface area (Å²) in [5, 5.41) is 9.53. The van der Waals surface area contributed by atoms with Gasteiger partial charge in [-0.3, -0.25) is 5.10 Å². The molecule has 20 heavy (non-hydrogen) atoms. The molecule has 2 aromatic heterocycles. The molecule has 0 spiro atoms. The van der Waals surface area contributed by atoms with Gasteiger partial charge in [0.1, 0.15) is 0 Å². The largest absolute Gasteiger partial charge is 0.315 e. The molecule has 0 amide bonds. The minimum atomic E-state index is -3.52. The molecule has 110 valence electrons. The highest BCUT2D eigenvalue weighted by atomic mass is 32.2. The number of nitrogens with one attached hydrogen (secondary N) is 3. The van der Waals surface area contributed by atoms with Gasteiger partial charge in [-0.1, -0.05) is 0 Å². The number of rotatable bonds is 6. The van der Waals surface area contributed by atoms with Crippen LogP contribution in [0, 0.1) is 6.92 Å². The third-order valence-electron chi connectivity index (χ3n) is 2.92. The van der Waals surface area contributed by atoms with Crippen LogP contribution in [0.5, 0.6) is 0 Å². The van der Waals surface area contributed by atoms with Gasteiger partial charge in [-0.05, 0) is 27.0 Å². The van der Waals surface area contributed by atoms with Gasteiger partial charge in [0.15, 0.2) is 0 Å². The first kappa shape index (κ1) is 15.2. The minimum Gasteiger partial charge on any atom is -0.315 e. The highest BCUT2D eigenvalue weighted by Gasteiger charge is 2.22. The predicted molar refractivity (Wildman–Crippen MR) is 79.1 cm³/mol. The van der Waals surface area contributed by atoms with Gasteiger partial charge in [0.25, 0.3) is 0 Å². The van der Waals surface area contributed by atoms with Gasteiger partial charge in [-0.25, -0.2) is 13.1 Å². The third kappa shape index (κ3) is 3.26. The Morgan fingerprint density at radius 3 is 2.85 bits per heavy atom. The van der Waals surface area contributed by atoms with E-state index in [9.17, 15) is 8.42 Å². The number of thiophene rings is 1. The first-order chi connectivity index (χ1) is 9.44. The van der Waals surface area contributed by atoms with Crippen LogP contribution in [0.4, 0.5) is 0 Å². The molecule has 0 aliphatic rings. The lowest BCUT2D eigenvalue weighted by atomic mass is 10.2. The van der Waals surface area contributed by atoms with E-state index in [1.165, 1.54) is 11.3 Å². The van der Waals surface area contributed by atoms with Crippen LogP contribution < -0.4 is 10.0 Å². The van der Waals surface area contributed by atoms with Crippen LogP contribution in [0.2, 0.25) is 0 Å². The van der Waals surface area contributed by atoms with E-state index in [4.69, 9.17) is 0 Å². The quantitative estimate of drug-likeness (QED) is 0.755. The Bertz CT molecular complexity index is 662. The summed E-state index contributed by atoms with van der Waals surface area (Å²) in [6, 6.07) is 1.40. The number of hydrogen-bond donors (Lipinski definition) is 3. The molecule has 0 saturated heterocycles. The van der Waals surface area contributed by atoms with Gasteiger partial charge >= 0.3 is 0 Å². The molecule has 8 heteroatoms. The van der Waals surface area contributed by atoms with E-state index in [2.05, 4.69) is 20.2 Å². The number of aromatic nitrogens is 2. The van der Waals surface area contributed by atoms with Crippen molar-refractivity contribution in [2.45, 2.75) is 31.3 Å². The van der Waals surface area contributed by atoms with Crippen molar-refractivity contribution in [1.82, 2.24) is 20.2 Å². The molecule has 0 aliphatic carbocycles. The molecule has 2 heterocycles. The van der Waals surface area contributed by atoms with Crippen LogP contribution in [-0.2, 0) is 16.6 Å². The fourth-order valence-corrected chi connectivity index (χ4v) is 4.79. The van der Waals surface area contributed by atoms with Crippen LogP contribution >= 0.6 is 11.3 Å². The number of nitrogens with zero attached hydrogens (tertiary/aromatic N) is 1. The fourth-order valence-electron chi connectivity index (χ4n) is 1.91. The van der Waals surface area contributed by atoms with Crippen LogP contribution in [0.25, 0.3) is 0 Å². The Hall–Kier alpha value is -1.22. The number of aromatic amines is 1. The van der Waals surface area contributed by atoms with E-state index in [0.29, 0.717) is 11.4 Å². The van der Waals surface area contributed by atoms with Gasteiger partial charge in [0.2, 0.25) is 10.0 Å². The van der Waals surface area contributed by atoms with E-state index in [1.54, 1.807) is 25.4 Å². The van der Waals surface area contributed by atoms with E-state index >= 15 is 0 Å². The van der Waals surface area contributed by atoms with Crippen molar-refractivity contribution < 1.29 is 8.42 Å². The summed E-state index contributed by atoms with van der Waals surface area (Å²) in [5.41, 5.74) is 0.803. The number of hydrogen-bond acceptors (Lipinski definition) is 5. The van der Waals surface area contributed by atoms with E-state index in [0.717, 1.165) is 15.3 Å². The summed E-state index contributed by atoms with van der Waals surface area (Å²) in [6.45, 7) is 4.28. The Kier molecular flexibility index (Phi) is 4.59. The number of sulfonamides is 1. The molecule has 1 unspecified atom stereocenters. The molecule has 2 rings (SSSR count). The average Bonchev–Trinajstić information content (AvgIpc) is 2.98. The van der Waals surface area contributed by atoms with Crippen molar-refractivity contribution in [2.75, 3.05) is 7.05 Å². The smallest absolute Gasteiger partial charge is 0.242 e. The first-order valence-electron chi connectivity index (χ1n) is 6.19. The van der Waals surface area contributed by atoms with Crippen molar-refractivity contribution >= 4 is 21.4 Å². The standard InChI is InChI=1S/C12H18N4O2S2/c1-8(10-5-14-15-6-10)16-20(17,18)12-4-11(7-13-3)19-9(12)2/h4-6,8,13,16H,7H2,1-3H3,(H,14,15). The summed E-state index contributed by atoms with van der Waals surface area (Å²) < 4.78 is 27.5. The normalized spacial score (nSPS) is 13.6. The monoisotopic (exact) mass is 314 g/mol. The Morgan fingerprint density at radius 1 is 1.50 bits per heavy atom. The van der Waals surface area contributed by atoms with E-state index < -0.39 is 10.0 Å². The molecule has 6 nitrogen and oxygen atoms in total. The summed E-state index contributed by atoms with van der Waals surface area (Å²) in [5.74, 6) is 0. The lowest BCUT2D eigenvalue weighted by Gasteiger charge is -2.12. The Morgan fingerprint density at radius 2 is 2.25 bits per heavy atom. The van der Waals surface area contributed by atoms with Crippen LogP contribution in [0.1, 0.15) is 28.3 Å². The number of H-pyrrole nitrogens is 1. The van der Waals surface area contributed by atoms with Crippen LogP contribution in [0.3, 0.4) is 0 Å². The maximum Gasteiger partial charge on any atom is 0.242 e. The van der Waals surface area contributed by atoms with Gasteiger partial charge in [-0.2, -0.15) is 5.10 Å². The van der Waals surface area contributed by atoms with Crippen molar-refractivity contribution in [1.29, 1.82) is 0 Å². The van der Waals surface area contributed by atoms with E-state index in [-0.39, 0.29) is 6.04 Å². The molecular weight excluding hydrogens is 296 g/mol. The predicted octanol–water partition coefficient (Wildman–Crippen LogP) is 1.54. The van der Waals surface area contributed by atoms with Crippen molar-refractivity contribution in [3.63, 3.8) is 0 Å². The zero-order valence-corrected chi connectivity index (χ0v) is 13.2. The zero-order valence-electron chi connectivity index (χ0n) is 11.6. The second-order valence-electron chi connectivity index (χ2n) is 4.54.